The molecule has 0 fully saturated rings. The molecule has 0 aromatic heterocycles. The van der Waals surface area contributed by atoms with Crippen LogP contribution in [0.15, 0.2) is 24.3 Å². The maximum Gasteiger partial charge on any atom is 0.377 e. The van der Waals surface area contributed by atoms with Crippen LogP contribution in [0, 0.1) is 0 Å². The summed E-state index contributed by atoms with van der Waals surface area (Å²) in [5.74, 6) is -6.57. The van der Waals surface area contributed by atoms with Gasteiger partial charge in [0.05, 0.1) is 0 Å². The molecule has 0 aliphatic rings. The first kappa shape index (κ1) is 13.9. The lowest BCUT2D eigenvalue weighted by atomic mass is 9.90. The topological polar surface area (TPSA) is 57.5 Å². The van der Waals surface area contributed by atoms with E-state index in [1.54, 1.807) is 0 Å². The normalized spacial score (nSPS) is 15.4. The van der Waals surface area contributed by atoms with E-state index in [9.17, 15) is 18.7 Å². The van der Waals surface area contributed by atoms with E-state index in [4.69, 9.17) is 16.7 Å². The van der Waals surface area contributed by atoms with Crippen molar-refractivity contribution in [3.63, 3.8) is 0 Å². The smallest absolute Gasteiger partial charge is 0.377 e. The Bertz CT molecular complexity index is 415. The van der Waals surface area contributed by atoms with Crippen molar-refractivity contribution in [1.29, 1.82) is 0 Å². The third-order valence-electron chi connectivity index (χ3n) is 2.41. The molecule has 0 amide bonds. The highest BCUT2D eigenvalue weighted by Crippen LogP contribution is 2.32. The zero-order chi connectivity index (χ0) is 13.3. The van der Waals surface area contributed by atoms with Gasteiger partial charge in [-0.1, -0.05) is 23.7 Å². The van der Waals surface area contributed by atoms with Crippen molar-refractivity contribution < 1.29 is 23.8 Å². The van der Waals surface area contributed by atoms with E-state index < -0.39 is 23.9 Å². The SMILES string of the molecule is CC(O)(Cc1ccc(Cl)cc1)C(F)(F)C(=O)O. The molecule has 0 saturated heterocycles. The number of halogens is 3. The number of carboxylic acids is 1. The van der Waals surface area contributed by atoms with Crippen LogP contribution in [-0.2, 0) is 11.2 Å². The van der Waals surface area contributed by atoms with Gasteiger partial charge in [-0.2, -0.15) is 8.78 Å². The first-order chi connectivity index (χ1) is 7.67. The van der Waals surface area contributed by atoms with Gasteiger partial charge in [0.2, 0.25) is 0 Å². The number of hydrogen-bond acceptors (Lipinski definition) is 2. The van der Waals surface area contributed by atoms with Crippen LogP contribution in [0.5, 0.6) is 0 Å². The highest BCUT2D eigenvalue weighted by atomic mass is 35.5. The van der Waals surface area contributed by atoms with E-state index >= 15 is 0 Å². The molecule has 1 aromatic rings. The fourth-order valence-corrected chi connectivity index (χ4v) is 1.47. The number of alkyl halides is 2. The predicted octanol–water partition coefficient (Wildman–Crippen LogP) is 2.35. The number of carbonyl (C=O) groups is 1. The summed E-state index contributed by atoms with van der Waals surface area (Å²) in [6, 6.07) is 5.86. The zero-order valence-electron chi connectivity index (χ0n) is 8.95. The van der Waals surface area contributed by atoms with Gasteiger partial charge >= 0.3 is 11.9 Å². The standard InChI is InChI=1S/C11H11ClF2O3/c1-10(17,11(13,14)9(15)16)6-7-2-4-8(12)5-3-7/h2-5,17H,6H2,1H3,(H,15,16). The molecular formula is C11H11ClF2O3. The molecule has 0 spiro atoms. The van der Waals surface area contributed by atoms with Gasteiger partial charge in [0.25, 0.3) is 0 Å². The Kier molecular flexibility index (Phi) is 3.74. The molecule has 1 rings (SSSR count). The molecule has 1 unspecified atom stereocenters. The van der Waals surface area contributed by atoms with Crippen LogP contribution in [0.4, 0.5) is 8.78 Å². The fraction of sp³-hybridized carbons (Fsp3) is 0.364. The molecule has 3 nitrogen and oxygen atoms in total. The highest BCUT2D eigenvalue weighted by Gasteiger charge is 2.55. The molecule has 1 aromatic carbocycles. The quantitative estimate of drug-likeness (QED) is 0.878. The Balaban J connectivity index is 2.93. The Labute approximate surface area is 102 Å². The lowest BCUT2D eigenvalue weighted by Gasteiger charge is -2.29. The largest absolute Gasteiger partial charge is 0.477 e. The number of hydrogen-bond donors (Lipinski definition) is 2. The summed E-state index contributed by atoms with van der Waals surface area (Å²) in [4.78, 5) is 10.4. The van der Waals surface area contributed by atoms with Gasteiger partial charge < -0.3 is 10.2 Å². The Morgan fingerprint density at radius 3 is 2.24 bits per heavy atom. The summed E-state index contributed by atoms with van der Waals surface area (Å²) in [6.45, 7) is 0.787. The third kappa shape index (κ3) is 2.92. The van der Waals surface area contributed by atoms with Crippen LogP contribution < -0.4 is 0 Å². The van der Waals surface area contributed by atoms with Crippen LogP contribution >= 0.6 is 11.6 Å². The van der Waals surface area contributed by atoms with E-state index in [-0.39, 0.29) is 0 Å². The second-order valence-electron chi connectivity index (χ2n) is 3.96. The lowest BCUT2D eigenvalue weighted by molar-refractivity contribution is -0.203. The predicted molar refractivity (Wildman–Crippen MR) is 58.4 cm³/mol. The first-order valence-corrected chi connectivity index (χ1v) is 5.12. The van der Waals surface area contributed by atoms with Gasteiger partial charge in [-0.25, -0.2) is 4.79 Å². The van der Waals surface area contributed by atoms with E-state index in [2.05, 4.69) is 0 Å². The monoisotopic (exact) mass is 264 g/mol. The van der Waals surface area contributed by atoms with E-state index in [0.717, 1.165) is 6.92 Å². The van der Waals surface area contributed by atoms with E-state index in [0.29, 0.717) is 10.6 Å². The zero-order valence-corrected chi connectivity index (χ0v) is 9.71. The summed E-state index contributed by atoms with van der Waals surface area (Å²) in [5, 5.41) is 18.4. The average Bonchev–Trinajstić information content (AvgIpc) is 2.20. The van der Waals surface area contributed by atoms with Gasteiger partial charge in [-0.05, 0) is 24.6 Å². The number of carboxylic acid groups (broad SMARTS) is 1. The number of aliphatic hydroxyl groups is 1. The molecule has 94 valence electrons. The summed E-state index contributed by atoms with van der Waals surface area (Å²) in [5.41, 5.74) is -2.28. The summed E-state index contributed by atoms with van der Waals surface area (Å²) in [6.07, 6.45) is -0.483. The summed E-state index contributed by atoms with van der Waals surface area (Å²) < 4.78 is 26.4. The van der Waals surface area contributed by atoms with Crippen molar-refractivity contribution in [2.45, 2.75) is 24.9 Å². The van der Waals surface area contributed by atoms with Crippen molar-refractivity contribution >= 4 is 17.6 Å². The van der Waals surface area contributed by atoms with E-state index in [1.165, 1.54) is 24.3 Å². The van der Waals surface area contributed by atoms with Crippen molar-refractivity contribution in [3.8, 4) is 0 Å². The molecule has 0 bridgehead atoms. The van der Waals surface area contributed by atoms with Crippen molar-refractivity contribution in [2.75, 3.05) is 0 Å². The van der Waals surface area contributed by atoms with Crippen molar-refractivity contribution in [1.82, 2.24) is 0 Å². The number of aliphatic carboxylic acids is 1. The van der Waals surface area contributed by atoms with Crippen molar-refractivity contribution in [3.05, 3.63) is 34.9 Å². The molecule has 0 aliphatic carbocycles. The number of benzene rings is 1. The minimum Gasteiger partial charge on any atom is -0.477 e. The van der Waals surface area contributed by atoms with Gasteiger partial charge in [0.15, 0.2) is 0 Å². The van der Waals surface area contributed by atoms with Crippen LogP contribution in [0.2, 0.25) is 5.02 Å². The maximum atomic E-state index is 13.2. The van der Waals surface area contributed by atoms with Gasteiger partial charge in [0, 0.05) is 11.4 Å². The molecular weight excluding hydrogens is 254 g/mol. The molecule has 0 aliphatic heterocycles. The highest BCUT2D eigenvalue weighted by molar-refractivity contribution is 6.30. The fourth-order valence-electron chi connectivity index (χ4n) is 1.34. The first-order valence-electron chi connectivity index (χ1n) is 4.75. The van der Waals surface area contributed by atoms with Crippen LogP contribution in [0.1, 0.15) is 12.5 Å². The Hall–Kier alpha value is -1.20. The minimum absolute atomic E-state index is 0.375. The van der Waals surface area contributed by atoms with Gasteiger partial charge in [-0.15, -0.1) is 0 Å². The molecule has 1 atom stereocenters. The molecule has 0 radical (unpaired) electrons. The van der Waals surface area contributed by atoms with E-state index in [1.807, 2.05) is 0 Å². The maximum absolute atomic E-state index is 13.2. The Morgan fingerprint density at radius 1 is 1.35 bits per heavy atom. The average molecular weight is 265 g/mol. The summed E-state index contributed by atoms with van der Waals surface area (Å²) in [7, 11) is 0. The molecule has 0 heterocycles. The second-order valence-corrected chi connectivity index (χ2v) is 4.39. The van der Waals surface area contributed by atoms with Crippen LogP contribution in [0.25, 0.3) is 0 Å². The molecule has 6 heteroatoms. The summed E-state index contributed by atoms with van der Waals surface area (Å²) >= 11 is 5.62. The minimum atomic E-state index is -4.22. The van der Waals surface area contributed by atoms with Gasteiger partial charge in [0.1, 0.15) is 5.60 Å². The van der Waals surface area contributed by atoms with Crippen molar-refractivity contribution in [2.24, 2.45) is 0 Å². The molecule has 2 N–H and O–H groups in total. The third-order valence-corrected chi connectivity index (χ3v) is 2.66. The number of rotatable bonds is 4. The molecule has 0 saturated carbocycles. The van der Waals surface area contributed by atoms with Gasteiger partial charge in [-0.3, -0.25) is 0 Å². The Morgan fingerprint density at radius 2 is 1.82 bits per heavy atom. The van der Waals surface area contributed by atoms with Crippen LogP contribution in [-0.4, -0.2) is 27.7 Å². The lowest BCUT2D eigenvalue weighted by Crippen LogP contribution is -2.52. The van der Waals surface area contributed by atoms with Crippen LogP contribution in [0.3, 0.4) is 0 Å². The molecule has 17 heavy (non-hydrogen) atoms. The second kappa shape index (κ2) is 4.58.